The van der Waals surface area contributed by atoms with E-state index in [4.69, 9.17) is 14.2 Å². The van der Waals surface area contributed by atoms with Crippen molar-refractivity contribution < 1.29 is 28.6 Å². The average molecular weight is 1010 g/mol. The van der Waals surface area contributed by atoms with Crippen LogP contribution in [0.1, 0.15) is 323 Å². The summed E-state index contributed by atoms with van der Waals surface area (Å²) in [6.45, 7) is 6.62. The lowest BCUT2D eigenvalue weighted by atomic mass is 10.1. The molecule has 0 aromatic carbocycles. The van der Waals surface area contributed by atoms with Crippen molar-refractivity contribution in [3.63, 3.8) is 0 Å². The van der Waals surface area contributed by atoms with Crippen LogP contribution in [-0.2, 0) is 28.6 Å². The van der Waals surface area contributed by atoms with Gasteiger partial charge in [-0.15, -0.1) is 0 Å². The third kappa shape index (κ3) is 58.0. The van der Waals surface area contributed by atoms with Gasteiger partial charge < -0.3 is 14.2 Å². The number of rotatable bonds is 57. The zero-order chi connectivity index (χ0) is 52.2. The summed E-state index contributed by atoms with van der Waals surface area (Å²) < 4.78 is 16.9. The van der Waals surface area contributed by atoms with E-state index in [-0.39, 0.29) is 31.1 Å². The minimum absolute atomic E-state index is 0.0817. The lowest BCUT2D eigenvalue weighted by Gasteiger charge is -2.18. The summed E-state index contributed by atoms with van der Waals surface area (Å²) in [5.74, 6) is -0.891. The topological polar surface area (TPSA) is 78.9 Å². The second-order valence-corrected chi connectivity index (χ2v) is 21.0. The van der Waals surface area contributed by atoms with Gasteiger partial charge in [-0.3, -0.25) is 14.4 Å². The molecular weight excluding hydrogens is 889 g/mol. The van der Waals surface area contributed by atoms with Gasteiger partial charge in [-0.2, -0.15) is 0 Å². The number of esters is 3. The van der Waals surface area contributed by atoms with Crippen LogP contribution in [-0.4, -0.2) is 37.2 Å². The van der Waals surface area contributed by atoms with Gasteiger partial charge >= 0.3 is 17.9 Å². The van der Waals surface area contributed by atoms with E-state index in [1.165, 1.54) is 193 Å². The van der Waals surface area contributed by atoms with Crippen molar-refractivity contribution in [2.24, 2.45) is 0 Å². The SMILES string of the molecule is CCCCC/C=C\C/C=C\CCCCCCCCCC(=O)OC(COC(=O)CCCCCCC/C=C\C/C=C\CCCCCC)COC(=O)CCCCCCCCCCC/C=C\CCCCCCCCCC. The standard InChI is InChI=1S/C66H118O6/c1-4-7-10-13-16-19-22-25-28-31-32-33-34-36-38-41-44-47-50-53-56-59-65(68)71-62-63(61-70-64(67)58-55-52-49-46-43-40-37-30-27-24-21-18-15-12-9-6-3)72-66(69)60-57-54-51-48-45-42-39-35-29-26-23-20-17-14-11-8-5-2/h17,20-21,24,26,29-32,37,63H,4-16,18-19,22-23,25,27-28,33-36,38-62H2,1-3H3/b20-17-,24-21-,29-26-,32-31-,37-30-. The Labute approximate surface area is 447 Å². The van der Waals surface area contributed by atoms with Crippen LogP contribution in [0.4, 0.5) is 0 Å². The minimum atomic E-state index is -0.786. The Morgan fingerprint density at radius 2 is 0.500 bits per heavy atom. The van der Waals surface area contributed by atoms with Crippen molar-refractivity contribution in [1.82, 2.24) is 0 Å². The van der Waals surface area contributed by atoms with Gasteiger partial charge in [0.15, 0.2) is 6.10 Å². The fourth-order valence-electron chi connectivity index (χ4n) is 8.97. The van der Waals surface area contributed by atoms with E-state index < -0.39 is 6.10 Å². The van der Waals surface area contributed by atoms with E-state index in [1.54, 1.807) is 0 Å². The Bertz CT molecular complexity index is 1290. The first-order valence-electron chi connectivity index (χ1n) is 31.3. The molecule has 0 radical (unpaired) electrons. The molecule has 0 aromatic heterocycles. The minimum Gasteiger partial charge on any atom is -0.462 e. The van der Waals surface area contributed by atoms with Gasteiger partial charge in [-0.25, -0.2) is 0 Å². The number of ether oxygens (including phenoxy) is 3. The fraction of sp³-hybridized carbons (Fsp3) is 0.803. The summed E-state index contributed by atoms with van der Waals surface area (Å²) in [5, 5.41) is 0. The van der Waals surface area contributed by atoms with Gasteiger partial charge in [0, 0.05) is 19.3 Å². The highest BCUT2D eigenvalue weighted by Crippen LogP contribution is 2.16. The molecule has 418 valence electrons. The van der Waals surface area contributed by atoms with Gasteiger partial charge in [0.25, 0.3) is 0 Å². The molecule has 0 N–H and O–H groups in total. The van der Waals surface area contributed by atoms with Gasteiger partial charge in [0.1, 0.15) is 13.2 Å². The predicted octanol–water partition coefficient (Wildman–Crippen LogP) is 21.2. The molecule has 0 aliphatic carbocycles. The maximum atomic E-state index is 12.9. The average Bonchev–Trinajstić information content (AvgIpc) is 3.38. The Hall–Kier alpha value is -2.89. The van der Waals surface area contributed by atoms with Crippen molar-refractivity contribution in [1.29, 1.82) is 0 Å². The normalized spacial score (nSPS) is 12.4. The van der Waals surface area contributed by atoms with E-state index in [0.29, 0.717) is 19.3 Å². The van der Waals surface area contributed by atoms with Crippen LogP contribution in [0.2, 0.25) is 0 Å². The number of allylic oxidation sites excluding steroid dienone is 10. The molecule has 6 nitrogen and oxygen atoms in total. The molecule has 1 unspecified atom stereocenters. The van der Waals surface area contributed by atoms with Gasteiger partial charge in [0.05, 0.1) is 0 Å². The molecule has 0 spiro atoms. The first-order chi connectivity index (χ1) is 35.5. The van der Waals surface area contributed by atoms with Crippen LogP contribution < -0.4 is 0 Å². The molecule has 0 saturated heterocycles. The summed E-state index contributed by atoms with van der Waals surface area (Å²) in [5.41, 5.74) is 0. The molecule has 72 heavy (non-hydrogen) atoms. The van der Waals surface area contributed by atoms with Crippen LogP contribution >= 0.6 is 0 Å². The van der Waals surface area contributed by atoms with Crippen molar-refractivity contribution >= 4 is 17.9 Å². The number of hydrogen-bond acceptors (Lipinski definition) is 6. The Kier molecular flexibility index (Phi) is 58.2. The zero-order valence-corrected chi connectivity index (χ0v) is 47.9. The molecule has 0 fully saturated rings. The lowest BCUT2D eigenvalue weighted by molar-refractivity contribution is -0.167. The molecule has 0 saturated carbocycles. The van der Waals surface area contributed by atoms with Crippen molar-refractivity contribution in [2.45, 2.75) is 329 Å². The summed E-state index contributed by atoms with van der Waals surface area (Å²) in [6.07, 6.45) is 76.4. The summed E-state index contributed by atoms with van der Waals surface area (Å²) in [6, 6.07) is 0. The second kappa shape index (κ2) is 60.7. The lowest BCUT2D eigenvalue weighted by Crippen LogP contribution is -2.30. The van der Waals surface area contributed by atoms with E-state index in [9.17, 15) is 14.4 Å². The second-order valence-electron chi connectivity index (χ2n) is 21.0. The number of hydrogen-bond donors (Lipinski definition) is 0. The molecular formula is C66H118O6. The molecule has 0 heterocycles. The predicted molar refractivity (Wildman–Crippen MR) is 312 cm³/mol. The van der Waals surface area contributed by atoms with Crippen LogP contribution in [0.5, 0.6) is 0 Å². The number of carbonyl (C=O) groups is 3. The largest absolute Gasteiger partial charge is 0.462 e. The van der Waals surface area contributed by atoms with Crippen molar-refractivity contribution in [2.75, 3.05) is 13.2 Å². The molecule has 0 aromatic rings. The first kappa shape index (κ1) is 69.1. The van der Waals surface area contributed by atoms with Crippen molar-refractivity contribution in [3.05, 3.63) is 60.8 Å². The van der Waals surface area contributed by atoms with Crippen LogP contribution in [0.15, 0.2) is 60.8 Å². The van der Waals surface area contributed by atoms with E-state index in [0.717, 1.165) is 89.9 Å². The highest BCUT2D eigenvalue weighted by atomic mass is 16.6. The van der Waals surface area contributed by atoms with Gasteiger partial charge in [0.2, 0.25) is 0 Å². The maximum Gasteiger partial charge on any atom is 0.306 e. The molecule has 0 rings (SSSR count). The Balaban J connectivity index is 4.37. The van der Waals surface area contributed by atoms with E-state index in [1.807, 2.05) is 0 Å². The smallest absolute Gasteiger partial charge is 0.306 e. The van der Waals surface area contributed by atoms with Crippen LogP contribution in [0.3, 0.4) is 0 Å². The van der Waals surface area contributed by atoms with Gasteiger partial charge in [-0.05, 0) is 109 Å². The van der Waals surface area contributed by atoms with Crippen LogP contribution in [0.25, 0.3) is 0 Å². The summed E-state index contributed by atoms with van der Waals surface area (Å²) >= 11 is 0. The summed E-state index contributed by atoms with van der Waals surface area (Å²) in [4.78, 5) is 38.3. The Morgan fingerprint density at radius 3 is 0.819 bits per heavy atom. The monoisotopic (exact) mass is 1010 g/mol. The molecule has 0 bridgehead atoms. The molecule has 6 heteroatoms. The highest BCUT2D eigenvalue weighted by Gasteiger charge is 2.19. The Morgan fingerprint density at radius 1 is 0.278 bits per heavy atom. The quantitative estimate of drug-likeness (QED) is 0.0261. The summed E-state index contributed by atoms with van der Waals surface area (Å²) in [7, 11) is 0. The molecule has 0 aliphatic heterocycles. The highest BCUT2D eigenvalue weighted by molar-refractivity contribution is 5.71. The van der Waals surface area contributed by atoms with E-state index in [2.05, 4.69) is 81.5 Å². The molecule has 1 atom stereocenters. The third-order valence-corrected chi connectivity index (χ3v) is 13.7. The number of unbranched alkanes of at least 4 members (excludes halogenated alkanes) is 36. The van der Waals surface area contributed by atoms with Crippen LogP contribution in [0, 0.1) is 0 Å². The maximum absolute atomic E-state index is 12.9. The zero-order valence-electron chi connectivity index (χ0n) is 47.9. The third-order valence-electron chi connectivity index (χ3n) is 13.7. The first-order valence-corrected chi connectivity index (χ1v) is 31.3. The number of carbonyl (C=O) groups excluding carboxylic acids is 3. The fourth-order valence-corrected chi connectivity index (χ4v) is 8.97. The molecule has 0 amide bonds. The van der Waals surface area contributed by atoms with Gasteiger partial charge in [-0.1, -0.05) is 255 Å². The van der Waals surface area contributed by atoms with Crippen molar-refractivity contribution in [3.8, 4) is 0 Å². The molecule has 0 aliphatic rings. The van der Waals surface area contributed by atoms with E-state index >= 15 is 0 Å².